The molecular formula is C17H20IN3O3S2. The third-order valence-electron chi connectivity index (χ3n) is 4.25. The maximum Gasteiger partial charge on any atom is 0.252 e. The van der Waals surface area contributed by atoms with Crippen molar-refractivity contribution in [2.75, 3.05) is 38.0 Å². The van der Waals surface area contributed by atoms with Crippen LogP contribution in [0.15, 0.2) is 39.9 Å². The van der Waals surface area contributed by atoms with E-state index in [2.05, 4.69) is 27.9 Å². The van der Waals surface area contributed by atoms with Crippen molar-refractivity contribution in [3.05, 3.63) is 44.8 Å². The quantitative estimate of drug-likeness (QED) is 0.635. The third-order valence-corrected chi connectivity index (χ3v) is 8.19. The van der Waals surface area contributed by atoms with Gasteiger partial charge in [-0.2, -0.15) is 4.31 Å². The van der Waals surface area contributed by atoms with E-state index < -0.39 is 10.0 Å². The number of thiophene rings is 1. The number of anilines is 1. The van der Waals surface area contributed by atoms with Crippen molar-refractivity contribution in [3.63, 3.8) is 0 Å². The summed E-state index contributed by atoms with van der Waals surface area (Å²) < 4.78 is 28.0. The largest absolute Gasteiger partial charge is 0.325 e. The molecule has 1 aromatic carbocycles. The summed E-state index contributed by atoms with van der Waals surface area (Å²) in [5, 5.41) is 4.70. The molecule has 0 radical (unpaired) electrons. The summed E-state index contributed by atoms with van der Waals surface area (Å²) in [5.74, 6) is -0.0797. The van der Waals surface area contributed by atoms with Gasteiger partial charge in [-0.05, 0) is 64.7 Å². The predicted octanol–water partition coefficient (Wildman–Crippen LogP) is 2.61. The summed E-state index contributed by atoms with van der Waals surface area (Å²) in [6, 6.07) is 9.25. The molecule has 0 saturated carbocycles. The average molecular weight is 505 g/mol. The van der Waals surface area contributed by atoms with Crippen LogP contribution in [0.2, 0.25) is 0 Å². The fourth-order valence-electron chi connectivity index (χ4n) is 2.83. The lowest BCUT2D eigenvalue weighted by Crippen LogP contribution is -2.50. The molecule has 6 nitrogen and oxygen atoms in total. The van der Waals surface area contributed by atoms with Gasteiger partial charge in [0, 0.05) is 35.4 Å². The maximum atomic E-state index is 12.5. The van der Waals surface area contributed by atoms with E-state index in [0.29, 0.717) is 30.4 Å². The second-order valence-electron chi connectivity index (χ2n) is 6.12. The number of amides is 1. The van der Waals surface area contributed by atoms with E-state index in [-0.39, 0.29) is 12.5 Å². The monoisotopic (exact) mass is 505 g/mol. The van der Waals surface area contributed by atoms with Crippen LogP contribution in [0.25, 0.3) is 0 Å². The van der Waals surface area contributed by atoms with Crippen LogP contribution < -0.4 is 5.32 Å². The van der Waals surface area contributed by atoms with Gasteiger partial charge < -0.3 is 5.32 Å². The maximum absolute atomic E-state index is 12.5. The van der Waals surface area contributed by atoms with E-state index in [1.54, 1.807) is 17.5 Å². The minimum atomic E-state index is -3.40. The topological polar surface area (TPSA) is 69.7 Å². The highest BCUT2D eigenvalue weighted by Crippen LogP contribution is 2.22. The molecule has 3 rings (SSSR count). The van der Waals surface area contributed by atoms with Gasteiger partial charge in [0.1, 0.15) is 4.21 Å². The van der Waals surface area contributed by atoms with Crippen LogP contribution >= 0.6 is 33.9 Å². The standard InChI is InChI=1S/C17H20IN3O3S2/c1-13-11-14(18)4-5-15(13)19-16(22)12-20-6-8-21(9-7-20)26(23,24)17-3-2-10-25-17/h2-5,10-11H,6-9,12H2,1H3,(H,19,22). The van der Waals surface area contributed by atoms with Crippen LogP contribution in [-0.2, 0) is 14.8 Å². The summed E-state index contributed by atoms with van der Waals surface area (Å²) in [7, 11) is -3.40. The van der Waals surface area contributed by atoms with Gasteiger partial charge in [-0.25, -0.2) is 8.42 Å². The van der Waals surface area contributed by atoms with Gasteiger partial charge in [-0.3, -0.25) is 9.69 Å². The lowest BCUT2D eigenvalue weighted by molar-refractivity contribution is -0.117. The zero-order valence-electron chi connectivity index (χ0n) is 14.3. The Kier molecular flexibility index (Phi) is 6.33. The van der Waals surface area contributed by atoms with Gasteiger partial charge in [0.15, 0.2) is 0 Å². The van der Waals surface area contributed by atoms with E-state index >= 15 is 0 Å². The molecule has 0 spiro atoms. The number of nitrogens with one attached hydrogen (secondary N) is 1. The molecule has 9 heteroatoms. The lowest BCUT2D eigenvalue weighted by atomic mass is 10.2. The fraction of sp³-hybridized carbons (Fsp3) is 0.353. The fourth-order valence-corrected chi connectivity index (χ4v) is 6.04. The highest BCUT2D eigenvalue weighted by molar-refractivity contribution is 14.1. The molecule has 140 valence electrons. The molecule has 0 aliphatic carbocycles. The van der Waals surface area contributed by atoms with Crippen LogP contribution in [0.3, 0.4) is 0 Å². The number of carbonyl (C=O) groups is 1. The summed E-state index contributed by atoms with van der Waals surface area (Å²) in [4.78, 5) is 14.3. The second kappa shape index (κ2) is 8.34. The van der Waals surface area contributed by atoms with E-state index in [0.717, 1.165) is 14.8 Å². The number of hydrogen-bond donors (Lipinski definition) is 1. The first-order chi connectivity index (χ1) is 12.4. The van der Waals surface area contributed by atoms with Crippen molar-refractivity contribution >= 4 is 55.5 Å². The Balaban J connectivity index is 1.53. The highest BCUT2D eigenvalue weighted by atomic mass is 127. The first-order valence-electron chi connectivity index (χ1n) is 8.18. The number of hydrogen-bond acceptors (Lipinski definition) is 5. The Labute approximate surface area is 171 Å². The SMILES string of the molecule is Cc1cc(I)ccc1NC(=O)CN1CCN(S(=O)(=O)c2cccs2)CC1. The first-order valence-corrected chi connectivity index (χ1v) is 11.6. The van der Waals surface area contributed by atoms with E-state index in [4.69, 9.17) is 0 Å². The van der Waals surface area contributed by atoms with Gasteiger partial charge >= 0.3 is 0 Å². The summed E-state index contributed by atoms with van der Waals surface area (Å²) >= 11 is 3.47. The van der Waals surface area contributed by atoms with E-state index in [1.807, 2.05) is 30.0 Å². The Morgan fingerprint density at radius 1 is 1.23 bits per heavy atom. The molecule has 1 fully saturated rings. The first kappa shape index (κ1) is 19.7. The van der Waals surface area contributed by atoms with Crippen molar-refractivity contribution in [2.45, 2.75) is 11.1 Å². The number of rotatable bonds is 5. The molecule has 26 heavy (non-hydrogen) atoms. The molecule has 1 saturated heterocycles. The van der Waals surface area contributed by atoms with Gasteiger partial charge in [0.05, 0.1) is 6.54 Å². The summed E-state index contributed by atoms with van der Waals surface area (Å²) in [5.41, 5.74) is 1.84. The van der Waals surface area contributed by atoms with Crippen molar-refractivity contribution in [2.24, 2.45) is 0 Å². The predicted molar refractivity (Wildman–Crippen MR) is 112 cm³/mol. The third kappa shape index (κ3) is 4.63. The number of nitrogens with zero attached hydrogens (tertiary/aromatic N) is 2. The zero-order chi connectivity index (χ0) is 18.7. The van der Waals surface area contributed by atoms with Gasteiger partial charge in [0.2, 0.25) is 5.91 Å². The minimum absolute atomic E-state index is 0.0797. The Hall–Kier alpha value is -1.01. The van der Waals surface area contributed by atoms with E-state index in [9.17, 15) is 13.2 Å². The van der Waals surface area contributed by atoms with Crippen LogP contribution in [-0.4, -0.2) is 56.3 Å². The molecule has 2 heterocycles. The molecule has 1 amide bonds. The van der Waals surface area contributed by atoms with Crippen LogP contribution in [0.4, 0.5) is 5.69 Å². The molecule has 0 atom stereocenters. The number of benzene rings is 1. The minimum Gasteiger partial charge on any atom is -0.325 e. The summed E-state index contributed by atoms with van der Waals surface area (Å²) in [6.45, 7) is 4.11. The van der Waals surface area contributed by atoms with Gasteiger partial charge in [0.25, 0.3) is 10.0 Å². The molecule has 2 aromatic rings. The zero-order valence-corrected chi connectivity index (χ0v) is 18.1. The van der Waals surface area contributed by atoms with Crippen LogP contribution in [0, 0.1) is 10.5 Å². The average Bonchev–Trinajstić information content (AvgIpc) is 3.13. The Morgan fingerprint density at radius 3 is 2.58 bits per heavy atom. The Morgan fingerprint density at radius 2 is 1.96 bits per heavy atom. The van der Waals surface area contributed by atoms with E-state index in [1.165, 1.54) is 15.6 Å². The van der Waals surface area contributed by atoms with Crippen LogP contribution in [0.5, 0.6) is 0 Å². The number of carbonyl (C=O) groups excluding carboxylic acids is 1. The van der Waals surface area contributed by atoms with Gasteiger partial charge in [-0.15, -0.1) is 11.3 Å². The molecule has 0 unspecified atom stereocenters. The molecule has 1 aliphatic rings. The molecular weight excluding hydrogens is 485 g/mol. The smallest absolute Gasteiger partial charge is 0.252 e. The number of sulfonamides is 1. The highest BCUT2D eigenvalue weighted by Gasteiger charge is 2.29. The molecule has 1 aromatic heterocycles. The summed E-state index contributed by atoms with van der Waals surface area (Å²) in [6.07, 6.45) is 0. The lowest BCUT2D eigenvalue weighted by Gasteiger charge is -2.33. The van der Waals surface area contributed by atoms with Gasteiger partial charge in [-0.1, -0.05) is 6.07 Å². The normalized spacial score (nSPS) is 16.5. The molecule has 1 N–H and O–H groups in total. The second-order valence-corrected chi connectivity index (χ2v) is 10.5. The Bertz CT molecular complexity index is 877. The van der Waals surface area contributed by atoms with Crippen molar-refractivity contribution in [3.8, 4) is 0 Å². The molecule has 1 aliphatic heterocycles. The van der Waals surface area contributed by atoms with Crippen LogP contribution in [0.1, 0.15) is 5.56 Å². The van der Waals surface area contributed by atoms with Crippen molar-refractivity contribution in [1.82, 2.24) is 9.21 Å². The number of piperazine rings is 1. The molecule has 0 bridgehead atoms. The van der Waals surface area contributed by atoms with Crippen molar-refractivity contribution < 1.29 is 13.2 Å². The number of halogens is 1. The number of aryl methyl sites for hydroxylation is 1. The van der Waals surface area contributed by atoms with Crippen molar-refractivity contribution in [1.29, 1.82) is 0 Å².